The van der Waals surface area contributed by atoms with Gasteiger partial charge in [0.25, 0.3) is 6.01 Å². The average molecular weight is 484 g/mol. The molecule has 7 heteroatoms. The van der Waals surface area contributed by atoms with Crippen molar-refractivity contribution in [3.05, 3.63) is 77.8 Å². The number of H-pyrrole nitrogens is 1. The fourth-order valence-corrected chi connectivity index (χ4v) is 5.37. The fraction of sp³-hybridized carbons (Fsp3) is 0.214. The van der Waals surface area contributed by atoms with E-state index in [0.717, 1.165) is 23.1 Å². The fourth-order valence-electron chi connectivity index (χ4n) is 5.11. The Morgan fingerprint density at radius 3 is 2.66 bits per heavy atom. The quantitative estimate of drug-likeness (QED) is 0.338. The number of nitrogens with one attached hydrogen (secondary N) is 1. The van der Waals surface area contributed by atoms with Gasteiger partial charge in [-0.2, -0.15) is 4.98 Å². The van der Waals surface area contributed by atoms with Crippen LogP contribution in [-0.4, -0.2) is 46.5 Å². The first kappa shape index (κ1) is 20.9. The molecule has 174 valence electrons. The molecule has 5 aromatic rings. The first-order valence-corrected chi connectivity index (χ1v) is 12.2. The number of pyridine rings is 1. The van der Waals surface area contributed by atoms with E-state index in [1.807, 2.05) is 6.07 Å². The molecule has 7 rings (SSSR count). The zero-order chi connectivity index (χ0) is 23.4. The van der Waals surface area contributed by atoms with E-state index in [-0.39, 0.29) is 18.3 Å². The van der Waals surface area contributed by atoms with E-state index in [4.69, 9.17) is 30.8 Å². The lowest BCUT2D eigenvalue weighted by Crippen LogP contribution is -2.32. The van der Waals surface area contributed by atoms with Crippen LogP contribution in [0.4, 0.5) is 0 Å². The molecule has 0 amide bonds. The Kier molecular flexibility index (Phi) is 4.98. The highest BCUT2D eigenvalue weighted by atomic mass is 35.5. The van der Waals surface area contributed by atoms with E-state index in [0.29, 0.717) is 35.6 Å². The van der Waals surface area contributed by atoms with Crippen molar-refractivity contribution < 1.29 is 14.2 Å². The third-order valence-electron chi connectivity index (χ3n) is 6.85. The Labute approximate surface area is 206 Å². The van der Waals surface area contributed by atoms with Crippen molar-refractivity contribution in [2.45, 2.75) is 24.7 Å². The second-order valence-electron chi connectivity index (χ2n) is 8.99. The maximum Gasteiger partial charge on any atom is 0.296 e. The van der Waals surface area contributed by atoms with Crippen LogP contribution in [0.25, 0.3) is 44.3 Å². The molecule has 0 aliphatic carbocycles. The highest BCUT2D eigenvalue weighted by molar-refractivity contribution is 6.33. The Bertz CT molecular complexity index is 1540. The molecule has 0 bridgehead atoms. The molecule has 0 spiro atoms. The molecule has 0 radical (unpaired) electrons. The average Bonchev–Trinajstić information content (AvgIpc) is 3.60. The second kappa shape index (κ2) is 8.34. The number of hydrogen-bond acceptors (Lipinski definition) is 5. The molecule has 35 heavy (non-hydrogen) atoms. The molecule has 2 aromatic heterocycles. The number of nitrogens with zero attached hydrogens (tertiary/aromatic N) is 2. The molecule has 2 fully saturated rings. The van der Waals surface area contributed by atoms with Crippen LogP contribution in [0.1, 0.15) is 6.42 Å². The molecule has 2 aliphatic heterocycles. The van der Waals surface area contributed by atoms with Crippen molar-refractivity contribution in [1.29, 1.82) is 0 Å². The summed E-state index contributed by atoms with van der Waals surface area (Å²) in [6.45, 7) is 1.20. The van der Waals surface area contributed by atoms with Crippen LogP contribution in [0.3, 0.4) is 0 Å². The van der Waals surface area contributed by atoms with Crippen molar-refractivity contribution in [1.82, 2.24) is 15.0 Å². The summed E-state index contributed by atoms with van der Waals surface area (Å²) in [5, 5.41) is 3.00. The summed E-state index contributed by atoms with van der Waals surface area (Å²) >= 11 is 6.63. The predicted molar refractivity (Wildman–Crippen MR) is 136 cm³/mol. The van der Waals surface area contributed by atoms with E-state index >= 15 is 0 Å². The van der Waals surface area contributed by atoms with E-state index in [9.17, 15) is 0 Å². The number of fused-ring (bicyclic) bond motifs is 3. The van der Waals surface area contributed by atoms with Crippen molar-refractivity contribution >= 4 is 33.5 Å². The van der Waals surface area contributed by atoms with Gasteiger partial charge in [-0.05, 0) is 34.4 Å². The monoisotopic (exact) mass is 483 g/mol. The summed E-state index contributed by atoms with van der Waals surface area (Å²) < 4.78 is 17.6. The first-order valence-electron chi connectivity index (χ1n) is 11.8. The van der Waals surface area contributed by atoms with Crippen molar-refractivity contribution in [3.8, 4) is 28.4 Å². The highest BCUT2D eigenvalue weighted by Crippen LogP contribution is 2.34. The number of ether oxygens (including phenoxy) is 3. The Hall–Kier alpha value is -3.45. The molecule has 2 saturated heterocycles. The van der Waals surface area contributed by atoms with Crippen LogP contribution in [0, 0.1) is 0 Å². The van der Waals surface area contributed by atoms with Gasteiger partial charge in [0.1, 0.15) is 6.10 Å². The zero-order valence-electron chi connectivity index (χ0n) is 18.8. The number of imidazole rings is 1. The van der Waals surface area contributed by atoms with E-state index in [2.05, 4.69) is 76.7 Å². The summed E-state index contributed by atoms with van der Waals surface area (Å²) in [6, 6.07) is 25.3. The van der Waals surface area contributed by atoms with Gasteiger partial charge in [0, 0.05) is 12.2 Å². The Balaban J connectivity index is 1.18. The minimum Gasteiger partial charge on any atom is -0.456 e. The molecular formula is C28H22ClN3O3. The minimum absolute atomic E-state index is 0.0458. The lowest BCUT2D eigenvalue weighted by molar-refractivity contribution is 0.0273. The maximum absolute atomic E-state index is 6.63. The summed E-state index contributed by atoms with van der Waals surface area (Å²) in [6.07, 6.45) is 0.792. The molecule has 4 heterocycles. The molecule has 3 unspecified atom stereocenters. The lowest BCUT2D eigenvalue weighted by atomic mass is 9.97. The van der Waals surface area contributed by atoms with Gasteiger partial charge in [-0.3, -0.25) is 0 Å². The minimum atomic E-state index is -0.181. The van der Waals surface area contributed by atoms with Crippen molar-refractivity contribution in [3.63, 3.8) is 0 Å². The smallest absolute Gasteiger partial charge is 0.296 e. The number of rotatable bonds is 4. The molecule has 3 aromatic carbocycles. The van der Waals surface area contributed by atoms with Crippen LogP contribution in [-0.2, 0) is 9.47 Å². The zero-order valence-corrected chi connectivity index (χ0v) is 19.5. The van der Waals surface area contributed by atoms with Gasteiger partial charge < -0.3 is 19.2 Å². The van der Waals surface area contributed by atoms with E-state index in [1.54, 1.807) is 0 Å². The van der Waals surface area contributed by atoms with E-state index < -0.39 is 0 Å². The standard InChI is InChI=1S/C28H22ClN3O3/c29-21-14-22-27(32-28(30-22)35-24-15-34-23-12-13-33-26(23)24)31-25(21)18-10-8-17(9-11-18)20-7-3-5-16-4-1-2-6-19(16)20/h1-11,14,23-24,26H,12-13,15H2,(H,30,31,32). The maximum atomic E-state index is 6.63. The normalized spacial score (nSPS) is 21.6. The topological polar surface area (TPSA) is 69.3 Å². The highest BCUT2D eigenvalue weighted by Gasteiger charge is 2.43. The van der Waals surface area contributed by atoms with Crippen LogP contribution >= 0.6 is 11.6 Å². The van der Waals surface area contributed by atoms with Crippen LogP contribution < -0.4 is 4.74 Å². The number of aromatic amines is 1. The van der Waals surface area contributed by atoms with Gasteiger partial charge in [-0.15, -0.1) is 0 Å². The number of hydrogen-bond donors (Lipinski definition) is 1. The van der Waals surface area contributed by atoms with Crippen molar-refractivity contribution in [2.75, 3.05) is 13.2 Å². The third kappa shape index (κ3) is 3.65. The number of halogens is 1. The second-order valence-corrected chi connectivity index (χ2v) is 9.40. The number of benzene rings is 3. The Morgan fingerprint density at radius 2 is 1.74 bits per heavy atom. The van der Waals surface area contributed by atoms with Gasteiger partial charge in [0.05, 0.1) is 28.9 Å². The van der Waals surface area contributed by atoms with Gasteiger partial charge >= 0.3 is 0 Å². The lowest BCUT2D eigenvalue weighted by Gasteiger charge is -2.15. The third-order valence-corrected chi connectivity index (χ3v) is 7.14. The molecular weight excluding hydrogens is 462 g/mol. The molecule has 1 N–H and O–H groups in total. The van der Waals surface area contributed by atoms with Crippen LogP contribution in [0.5, 0.6) is 6.01 Å². The number of aromatic nitrogens is 3. The van der Waals surface area contributed by atoms with Gasteiger partial charge in [0.2, 0.25) is 0 Å². The van der Waals surface area contributed by atoms with Gasteiger partial charge in [-0.1, -0.05) is 78.3 Å². The van der Waals surface area contributed by atoms with Gasteiger partial charge in [0.15, 0.2) is 11.8 Å². The molecule has 0 saturated carbocycles. The molecule has 2 aliphatic rings. The summed E-state index contributed by atoms with van der Waals surface area (Å²) in [5.74, 6) is 0. The Morgan fingerprint density at radius 1 is 0.914 bits per heavy atom. The summed E-state index contributed by atoms with van der Waals surface area (Å²) in [4.78, 5) is 12.5. The molecule has 6 nitrogen and oxygen atoms in total. The summed E-state index contributed by atoms with van der Waals surface area (Å²) in [7, 11) is 0. The van der Waals surface area contributed by atoms with Crippen molar-refractivity contribution in [2.24, 2.45) is 0 Å². The van der Waals surface area contributed by atoms with E-state index in [1.165, 1.54) is 16.3 Å². The largest absolute Gasteiger partial charge is 0.456 e. The predicted octanol–water partition coefficient (Wildman–Crippen LogP) is 6.03. The van der Waals surface area contributed by atoms with Gasteiger partial charge in [-0.25, -0.2) is 4.98 Å². The SMILES string of the molecule is Clc1cc2[nH]c(OC3COC4CCOC43)nc2nc1-c1ccc(-c2cccc3ccccc23)cc1. The molecule has 3 atom stereocenters. The summed E-state index contributed by atoms with van der Waals surface area (Å²) in [5.41, 5.74) is 5.24. The van der Waals surface area contributed by atoms with Crippen LogP contribution in [0.15, 0.2) is 72.8 Å². The first-order chi connectivity index (χ1) is 17.2. The van der Waals surface area contributed by atoms with Crippen LogP contribution in [0.2, 0.25) is 5.02 Å².